The lowest BCUT2D eigenvalue weighted by atomic mass is 9.96. The van der Waals surface area contributed by atoms with Crippen LogP contribution in [0, 0.1) is 0 Å². The minimum atomic E-state index is -0.294. The Labute approximate surface area is 199 Å². The van der Waals surface area contributed by atoms with Crippen LogP contribution >= 0.6 is 27.5 Å². The molecule has 1 amide bonds. The molecule has 0 spiro atoms. The molecule has 3 aromatic carbocycles. The van der Waals surface area contributed by atoms with E-state index in [9.17, 15) is 4.79 Å². The normalized spacial score (nSPS) is 15.2. The Morgan fingerprint density at radius 3 is 2.47 bits per heavy atom. The van der Waals surface area contributed by atoms with E-state index in [4.69, 9.17) is 16.3 Å². The van der Waals surface area contributed by atoms with Crippen LogP contribution in [0.1, 0.15) is 33.2 Å². The van der Waals surface area contributed by atoms with Crippen molar-refractivity contribution in [1.82, 2.24) is 15.1 Å². The number of benzene rings is 3. The molecular weight excluding hydrogens is 490 g/mol. The summed E-state index contributed by atoms with van der Waals surface area (Å²) in [5.74, 6) is 0.668. The molecule has 0 radical (unpaired) electrons. The monoisotopic (exact) mass is 507 g/mol. The van der Waals surface area contributed by atoms with Crippen LogP contribution < -0.4 is 4.74 Å². The van der Waals surface area contributed by atoms with Gasteiger partial charge in [0, 0.05) is 27.2 Å². The van der Waals surface area contributed by atoms with Gasteiger partial charge in [-0.1, -0.05) is 57.9 Å². The lowest BCUT2D eigenvalue weighted by molar-refractivity contribution is 0.0730. The SMILES string of the molecule is COc1ccc(-c2n[nH]c3c2C(c2ccc(Br)cc2)N(Cc2ccccc2Cl)C3=O)cc1. The second-order valence-corrected chi connectivity index (χ2v) is 8.89. The standard InChI is InChI=1S/C25H19BrClN3O2/c1-32-19-12-8-15(9-13-19)22-21-23(29-28-22)25(31)30(14-17-4-2-3-5-20(17)27)24(21)16-6-10-18(26)11-7-16/h2-13,24H,14H2,1H3,(H,28,29). The molecule has 1 aliphatic heterocycles. The zero-order valence-electron chi connectivity index (χ0n) is 17.2. The van der Waals surface area contributed by atoms with Gasteiger partial charge in [-0.3, -0.25) is 9.89 Å². The summed E-state index contributed by atoms with van der Waals surface area (Å²) in [5.41, 5.74) is 4.95. The summed E-state index contributed by atoms with van der Waals surface area (Å²) in [6.07, 6.45) is 0. The molecule has 32 heavy (non-hydrogen) atoms. The summed E-state index contributed by atoms with van der Waals surface area (Å²) < 4.78 is 6.26. The molecular formula is C25H19BrClN3O2. The number of H-pyrrole nitrogens is 1. The predicted molar refractivity (Wildman–Crippen MR) is 128 cm³/mol. The summed E-state index contributed by atoms with van der Waals surface area (Å²) >= 11 is 9.93. The predicted octanol–water partition coefficient (Wildman–Crippen LogP) is 6.25. The highest BCUT2D eigenvalue weighted by atomic mass is 79.9. The van der Waals surface area contributed by atoms with Crippen molar-refractivity contribution >= 4 is 33.4 Å². The Balaban J connectivity index is 1.63. The minimum absolute atomic E-state index is 0.0971. The maximum atomic E-state index is 13.5. The number of carbonyl (C=O) groups is 1. The first-order valence-corrected chi connectivity index (χ1v) is 11.3. The van der Waals surface area contributed by atoms with Gasteiger partial charge in [-0.2, -0.15) is 5.10 Å². The van der Waals surface area contributed by atoms with Crippen LogP contribution in [0.3, 0.4) is 0 Å². The number of halogens is 2. The number of hydrogen-bond donors (Lipinski definition) is 1. The molecule has 0 bridgehead atoms. The highest BCUT2D eigenvalue weighted by Gasteiger charge is 2.42. The van der Waals surface area contributed by atoms with Gasteiger partial charge in [0.25, 0.3) is 5.91 Å². The van der Waals surface area contributed by atoms with E-state index < -0.39 is 0 Å². The van der Waals surface area contributed by atoms with E-state index in [1.54, 1.807) is 7.11 Å². The van der Waals surface area contributed by atoms with E-state index in [0.717, 1.165) is 38.2 Å². The fraction of sp³-hybridized carbons (Fsp3) is 0.120. The van der Waals surface area contributed by atoms with Crippen molar-refractivity contribution in [2.75, 3.05) is 7.11 Å². The quantitative estimate of drug-likeness (QED) is 0.347. The van der Waals surface area contributed by atoms with E-state index in [1.807, 2.05) is 77.7 Å². The molecule has 0 fully saturated rings. The number of aromatic amines is 1. The fourth-order valence-corrected chi connectivity index (χ4v) is 4.59. The summed E-state index contributed by atoms with van der Waals surface area (Å²) in [4.78, 5) is 15.3. The third-order valence-electron chi connectivity index (χ3n) is 5.71. The molecule has 0 saturated carbocycles. The molecule has 1 aliphatic rings. The number of ether oxygens (including phenoxy) is 1. The summed E-state index contributed by atoms with van der Waals surface area (Å²) in [6, 6.07) is 23.0. The Kier molecular flexibility index (Phi) is 5.49. The number of nitrogens with one attached hydrogen (secondary N) is 1. The minimum Gasteiger partial charge on any atom is -0.497 e. The van der Waals surface area contributed by atoms with Gasteiger partial charge in [-0.15, -0.1) is 0 Å². The Hall–Kier alpha value is -3.09. The molecule has 1 N–H and O–H groups in total. The summed E-state index contributed by atoms with van der Waals surface area (Å²) in [6.45, 7) is 0.393. The number of methoxy groups -OCH3 is 1. The highest BCUT2D eigenvalue weighted by Crippen LogP contribution is 2.44. The summed E-state index contributed by atoms with van der Waals surface area (Å²) in [5, 5.41) is 8.15. The number of amides is 1. The Bertz CT molecular complexity index is 1290. The first-order valence-electron chi connectivity index (χ1n) is 10.1. The molecule has 2 heterocycles. The number of rotatable bonds is 5. The van der Waals surface area contributed by atoms with E-state index in [-0.39, 0.29) is 11.9 Å². The average Bonchev–Trinajstić information content (AvgIpc) is 3.35. The fourth-order valence-electron chi connectivity index (χ4n) is 4.13. The first kappa shape index (κ1) is 20.8. The van der Waals surface area contributed by atoms with Crippen molar-refractivity contribution in [3.63, 3.8) is 0 Å². The van der Waals surface area contributed by atoms with Gasteiger partial charge in [0.2, 0.25) is 0 Å². The first-order chi connectivity index (χ1) is 15.6. The summed E-state index contributed by atoms with van der Waals surface area (Å²) in [7, 11) is 1.63. The third kappa shape index (κ3) is 3.59. The molecule has 1 unspecified atom stereocenters. The van der Waals surface area contributed by atoms with Crippen LogP contribution in [-0.2, 0) is 6.54 Å². The maximum Gasteiger partial charge on any atom is 0.273 e. The second kappa shape index (κ2) is 8.45. The van der Waals surface area contributed by atoms with Crippen molar-refractivity contribution in [3.05, 3.63) is 105 Å². The Morgan fingerprint density at radius 2 is 1.78 bits per heavy atom. The average molecular weight is 509 g/mol. The number of carbonyl (C=O) groups excluding carboxylic acids is 1. The van der Waals surface area contributed by atoms with Crippen molar-refractivity contribution in [2.24, 2.45) is 0 Å². The van der Waals surface area contributed by atoms with Crippen molar-refractivity contribution in [3.8, 4) is 17.0 Å². The van der Waals surface area contributed by atoms with Crippen molar-refractivity contribution in [1.29, 1.82) is 0 Å². The molecule has 160 valence electrons. The molecule has 0 aliphatic carbocycles. The van der Waals surface area contributed by atoms with E-state index in [1.165, 1.54) is 0 Å². The number of nitrogens with zero attached hydrogens (tertiary/aromatic N) is 2. The van der Waals surface area contributed by atoms with Gasteiger partial charge >= 0.3 is 0 Å². The van der Waals surface area contributed by atoms with Crippen molar-refractivity contribution < 1.29 is 9.53 Å². The zero-order chi connectivity index (χ0) is 22.2. The Morgan fingerprint density at radius 1 is 1.06 bits per heavy atom. The number of aromatic nitrogens is 2. The van der Waals surface area contributed by atoms with E-state index >= 15 is 0 Å². The van der Waals surface area contributed by atoms with Gasteiger partial charge in [-0.25, -0.2) is 0 Å². The molecule has 4 aromatic rings. The van der Waals surface area contributed by atoms with Gasteiger partial charge in [0.15, 0.2) is 0 Å². The maximum absolute atomic E-state index is 13.5. The third-order valence-corrected chi connectivity index (χ3v) is 6.61. The van der Waals surface area contributed by atoms with Crippen LogP contribution in [0.25, 0.3) is 11.3 Å². The molecule has 5 rings (SSSR count). The van der Waals surface area contributed by atoms with Crippen LogP contribution in [-0.4, -0.2) is 28.1 Å². The number of fused-ring (bicyclic) bond motifs is 1. The second-order valence-electron chi connectivity index (χ2n) is 7.57. The van der Waals surface area contributed by atoms with Crippen LogP contribution in [0.15, 0.2) is 77.3 Å². The highest BCUT2D eigenvalue weighted by molar-refractivity contribution is 9.10. The van der Waals surface area contributed by atoms with Crippen molar-refractivity contribution in [2.45, 2.75) is 12.6 Å². The van der Waals surface area contributed by atoms with Crippen LogP contribution in [0.4, 0.5) is 0 Å². The molecule has 0 saturated heterocycles. The van der Waals surface area contributed by atoms with Gasteiger partial charge in [-0.05, 0) is 53.6 Å². The topological polar surface area (TPSA) is 58.2 Å². The van der Waals surface area contributed by atoms with E-state index in [2.05, 4.69) is 26.1 Å². The van der Waals surface area contributed by atoms with E-state index in [0.29, 0.717) is 17.3 Å². The van der Waals surface area contributed by atoms with Gasteiger partial charge < -0.3 is 9.64 Å². The molecule has 7 heteroatoms. The molecule has 1 atom stereocenters. The van der Waals surface area contributed by atoms with Gasteiger partial charge in [0.05, 0.1) is 18.8 Å². The lowest BCUT2D eigenvalue weighted by Crippen LogP contribution is -2.29. The molecule has 1 aromatic heterocycles. The largest absolute Gasteiger partial charge is 0.497 e. The molecule has 5 nitrogen and oxygen atoms in total. The van der Waals surface area contributed by atoms with Gasteiger partial charge in [0.1, 0.15) is 11.4 Å². The van der Waals surface area contributed by atoms with Crippen LogP contribution in [0.5, 0.6) is 5.75 Å². The zero-order valence-corrected chi connectivity index (χ0v) is 19.5. The smallest absolute Gasteiger partial charge is 0.273 e. The van der Waals surface area contributed by atoms with Crippen LogP contribution in [0.2, 0.25) is 5.02 Å². The lowest BCUT2D eigenvalue weighted by Gasteiger charge is -2.27. The number of hydrogen-bond acceptors (Lipinski definition) is 3.